The van der Waals surface area contributed by atoms with Gasteiger partial charge in [0.2, 0.25) is 0 Å². The number of hydrazine groups is 1. The van der Waals surface area contributed by atoms with E-state index in [9.17, 15) is 0 Å². The Labute approximate surface area is 119 Å². The average Bonchev–Trinajstić information content (AvgIpc) is 2.38. The molecule has 1 aromatic rings. The minimum absolute atomic E-state index is 0.0194. The van der Waals surface area contributed by atoms with Gasteiger partial charge in [-0.05, 0) is 31.4 Å². The van der Waals surface area contributed by atoms with Crippen LogP contribution in [0.1, 0.15) is 25.8 Å². The van der Waals surface area contributed by atoms with Gasteiger partial charge >= 0.3 is 0 Å². The summed E-state index contributed by atoms with van der Waals surface area (Å²) in [6.45, 7) is 4.72. The molecule has 0 fully saturated rings. The van der Waals surface area contributed by atoms with E-state index in [-0.39, 0.29) is 12.1 Å². The van der Waals surface area contributed by atoms with Gasteiger partial charge in [-0.25, -0.2) is 0 Å². The first kappa shape index (κ1) is 15.7. The van der Waals surface area contributed by atoms with Gasteiger partial charge in [0.15, 0.2) is 0 Å². The highest BCUT2D eigenvalue weighted by Gasteiger charge is 2.20. The van der Waals surface area contributed by atoms with Crippen molar-refractivity contribution in [1.29, 1.82) is 0 Å². The van der Waals surface area contributed by atoms with Gasteiger partial charge < -0.3 is 4.74 Å². The van der Waals surface area contributed by atoms with Crippen molar-refractivity contribution in [3.8, 4) is 0 Å². The lowest BCUT2D eigenvalue weighted by Gasteiger charge is -2.26. The van der Waals surface area contributed by atoms with Crippen LogP contribution >= 0.6 is 23.2 Å². The van der Waals surface area contributed by atoms with Crippen molar-refractivity contribution < 1.29 is 4.74 Å². The summed E-state index contributed by atoms with van der Waals surface area (Å²) in [4.78, 5) is 0. The van der Waals surface area contributed by atoms with Crippen LogP contribution in [0.5, 0.6) is 0 Å². The average molecular weight is 291 g/mol. The Bertz CT molecular complexity index is 374. The molecule has 1 rings (SSSR count). The largest absolute Gasteiger partial charge is 0.377 e. The number of nitrogens with one attached hydrogen (secondary N) is 1. The molecule has 0 spiro atoms. The number of halogens is 2. The number of benzene rings is 1. The van der Waals surface area contributed by atoms with Crippen LogP contribution in [-0.4, -0.2) is 18.8 Å². The molecule has 0 aliphatic heterocycles. The molecule has 0 saturated heterocycles. The molecule has 0 bridgehead atoms. The molecular formula is C13H20Cl2N2O. The van der Waals surface area contributed by atoms with Crippen LogP contribution in [0.15, 0.2) is 18.2 Å². The van der Waals surface area contributed by atoms with E-state index in [4.69, 9.17) is 33.8 Å². The topological polar surface area (TPSA) is 47.3 Å². The van der Waals surface area contributed by atoms with E-state index in [0.29, 0.717) is 23.1 Å². The molecule has 2 unspecified atom stereocenters. The van der Waals surface area contributed by atoms with E-state index in [1.165, 1.54) is 0 Å². The molecule has 0 aliphatic carbocycles. The lowest BCUT2D eigenvalue weighted by Crippen LogP contribution is -2.46. The lowest BCUT2D eigenvalue weighted by molar-refractivity contribution is 0.0319. The number of hydrogen-bond acceptors (Lipinski definition) is 3. The van der Waals surface area contributed by atoms with E-state index in [1.807, 2.05) is 19.1 Å². The molecule has 5 heteroatoms. The second-order valence-corrected chi connectivity index (χ2v) is 4.88. The van der Waals surface area contributed by atoms with Crippen LogP contribution in [0.3, 0.4) is 0 Å². The van der Waals surface area contributed by atoms with Gasteiger partial charge in [0.1, 0.15) is 0 Å². The minimum atomic E-state index is 0.0194. The van der Waals surface area contributed by atoms with Gasteiger partial charge in [0.05, 0.1) is 22.2 Å². The van der Waals surface area contributed by atoms with Crippen molar-refractivity contribution in [2.24, 2.45) is 5.84 Å². The van der Waals surface area contributed by atoms with Gasteiger partial charge in [0, 0.05) is 6.61 Å². The molecule has 2 atom stereocenters. The van der Waals surface area contributed by atoms with Crippen LogP contribution in [0, 0.1) is 0 Å². The maximum Gasteiger partial charge on any atom is 0.0741 e. The van der Waals surface area contributed by atoms with Gasteiger partial charge in [0.25, 0.3) is 0 Å². The molecular weight excluding hydrogens is 271 g/mol. The maximum atomic E-state index is 6.18. The molecule has 3 N–H and O–H groups in total. The Morgan fingerprint density at radius 1 is 1.33 bits per heavy atom. The summed E-state index contributed by atoms with van der Waals surface area (Å²) in [5, 5.41) is 1.15. The van der Waals surface area contributed by atoms with E-state index >= 15 is 0 Å². The molecule has 18 heavy (non-hydrogen) atoms. The van der Waals surface area contributed by atoms with E-state index in [0.717, 1.165) is 12.0 Å². The quantitative estimate of drug-likeness (QED) is 0.599. The highest BCUT2D eigenvalue weighted by atomic mass is 35.5. The Kier molecular flexibility index (Phi) is 6.97. The fraction of sp³-hybridized carbons (Fsp3) is 0.538. The van der Waals surface area contributed by atoms with Crippen molar-refractivity contribution in [3.63, 3.8) is 0 Å². The zero-order chi connectivity index (χ0) is 13.5. The predicted octanol–water partition coefficient (Wildman–Crippen LogP) is 3.18. The van der Waals surface area contributed by atoms with E-state index in [1.54, 1.807) is 6.07 Å². The third kappa shape index (κ3) is 4.11. The standard InChI is InChI=1S/C13H20Cl2N2O/c1-3-12(18-4-2)11(17-16)8-9-6-5-7-10(14)13(9)15/h5-7,11-12,17H,3-4,8,16H2,1-2H3. The Morgan fingerprint density at radius 2 is 2.06 bits per heavy atom. The maximum absolute atomic E-state index is 6.18. The van der Waals surface area contributed by atoms with Crippen LogP contribution in [0.2, 0.25) is 10.0 Å². The second kappa shape index (κ2) is 7.97. The summed E-state index contributed by atoms with van der Waals surface area (Å²) in [6.07, 6.45) is 1.64. The molecule has 1 aromatic carbocycles. The first-order valence-corrected chi connectivity index (χ1v) is 6.90. The zero-order valence-electron chi connectivity index (χ0n) is 10.7. The first-order valence-electron chi connectivity index (χ1n) is 6.14. The van der Waals surface area contributed by atoms with Crippen molar-refractivity contribution >= 4 is 23.2 Å². The first-order chi connectivity index (χ1) is 8.63. The van der Waals surface area contributed by atoms with Gasteiger partial charge in [-0.3, -0.25) is 11.3 Å². The summed E-state index contributed by atoms with van der Waals surface area (Å²) in [5.41, 5.74) is 3.78. The van der Waals surface area contributed by atoms with Crippen molar-refractivity contribution in [2.45, 2.75) is 38.8 Å². The highest BCUT2D eigenvalue weighted by Crippen LogP contribution is 2.27. The molecule has 3 nitrogen and oxygen atoms in total. The number of nitrogens with two attached hydrogens (primary N) is 1. The van der Waals surface area contributed by atoms with E-state index in [2.05, 4.69) is 12.3 Å². The Hall–Kier alpha value is -0.320. The molecule has 0 amide bonds. The number of hydrogen-bond donors (Lipinski definition) is 2. The SMILES string of the molecule is CCOC(CC)C(Cc1cccc(Cl)c1Cl)NN. The van der Waals surface area contributed by atoms with Crippen molar-refractivity contribution in [3.05, 3.63) is 33.8 Å². The summed E-state index contributed by atoms with van der Waals surface area (Å²) >= 11 is 12.2. The third-order valence-electron chi connectivity index (χ3n) is 2.92. The van der Waals surface area contributed by atoms with Gasteiger partial charge in [-0.1, -0.05) is 42.3 Å². The van der Waals surface area contributed by atoms with Crippen LogP contribution in [0.25, 0.3) is 0 Å². The van der Waals surface area contributed by atoms with Crippen molar-refractivity contribution in [2.75, 3.05) is 6.61 Å². The molecule has 0 saturated carbocycles. The fourth-order valence-corrected chi connectivity index (χ4v) is 2.37. The fourth-order valence-electron chi connectivity index (χ4n) is 1.97. The van der Waals surface area contributed by atoms with Crippen molar-refractivity contribution in [1.82, 2.24) is 5.43 Å². The number of rotatable bonds is 7. The smallest absolute Gasteiger partial charge is 0.0741 e. The monoisotopic (exact) mass is 290 g/mol. The van der Waals surface area contributed by atoms with Crippen LogP contribution in [0.4, 0.5) is 0 Å². The third-order valence-corrected chi connectivity index (χ3v) is 3.78. The Balaban J connectivity index is 2.81. The normalized spacial score (nSPS) is 14.5. The predicted molar refractivity (Wildman–Crippen MR) is 77.0 cm³/mol. The zero-order valence-corrected chi connectivity index (χ0v) is 12.3. The Morgan fingerprint density at radius 3 is 2.61 bits per heavy atom. The van der Waals surface area contributed by atoms with Gasteiger partial charge in [-0.2, -0.15) is 0 Å². The molecule has 0 aliphatic rings. The minimum Gasteiger partial charge on any atom is -0.377 e. The van der Waals surface area contributed by atoms with E-state index < -0.39 is 0 Å². The van der Waals surface area contributed by atoms with Gasteiger partial charge in [-0.15, -0.1) is 0 Å². The second-order valence-electron chi connectivity index (χ2n) is 4.09. The summed E-state index contributed by atoms with van der Waals surface area (Å²) < 4.78 is 5.67. The molecule has 0 aromatic heterocycles. The van der Waals surface area contributed by atoms with Crippen LogP contribution < -0.4 is 11.3 Å². The summed E-state index contributed by atoms with van der Waals surface area (Å²) in [7, 11) is 0. The summed E-state index contributed by atoms with van der Waals surface area (Å²) in [6, 6.07) is 5.64. The molecule has 0 radical (unpaired) electrons. The highest BCUT2D eigenvalue weighted by molar-refractivity contribution is 6.42. The summed E-state index contributed by atoms with van der Waals surface area (Å²) in [5.74, 6) is 5.61. The molecule has 102 valence electrons. The number of ether oxygens (including phenoxy) is 1. The van der Waals surface area contributed by atoms with Crippen LogP contribution in [-0.2, 0) is 11.2 Å². The molecule has 0 heterocycles. The lowest BCUT2D eigenvalue weighted by atomic mass is 10.00.